The van der Waals surface area contributed by atoms with Crippen LogP contribution >= 0.6 is 0 Å². The van der Waals surface area contributed by atoms with Crippen molar-refractivity contribution in [2.45, 2.75) is 45.3 Å². The van der Waals surface area contributed by atoms with Crippen LogP contribution in [0.5, 0.6) is 0 Å². The fraction of sp³-hybridized carbons (Fsp3) is 0.538. The highest BCUT2D eigenvalue weighted by molar-refractivity contribution is 6.63. The molecule has 1 saturated heterocycles. The number of carbonyl (C=O) groups excluding carboxylic acids is 1. The van der Waals surface area contributed by atoms with Gasteiger partial charge < -0.3 is 20.8 Å². The predicted octanol–water partition coefficient (Wildman–Crippen LogP) is -0.00920. The molecule has 1 aliphatic rings. The van der Waals surface area contributed by atoms with Gasteiger partial charge in [0, 0.05) is 23.0 Å². The van der Waals surface area contributed by atoms with Gasteiger partial charge in [-0.15, -0.1) is 0 Å². The van der Waals surface area contributed by atoms with Crippen LogP contribution in [0.3, 0.4) is 0 Å². The number of anilines is 1. The van der Waals surface area contributed by atoms with E-state index in [0.29, 0.717) is 16.8 Å². The topological polar surface area (TPSA) is 100 Å². The molecular weight excluding hydrogens is 257 g/mol. The minimum Gasteiger partial charge on any atom is -0.399 e. The summed E-state index contributed by atoms with van der Waals surface area (Å²) in [6.45, 7) is 7.87. The van der Waals surface area contributed by atoms with E-state index in [0.717, 1.165) is 0 Å². The third kappa shape index (κ3) is 2.64. The average molecular weight is 277 g/mol. The van der Waals surface area contributed by atoms with Crippen LogP contribution in [0.15, 0.2) is 12.3 Å². The van der Waals surface area contributed by atoms with Gasteiger partial charge in [-0.05, 0) is 33.8 Å². The number of primary amides is 1. The number of amides is 1. The summed E-state index contributed by atoms with van der Waals surface area (Å²) >= 11 is 0. The maximum atomic E-state index is 11.0. The molecule has 0 bridgehead atoms. The highest BCUT2D eigenvalue weighted by Gasteiger charge is 2.52. The molecule has 0 aromatic carbocycles. The van der Waals surface area contributed by atoms with E-state index in [1.165, 1.54) is 6.20 Å². The Morgan fingerprint density at radius 1 is 1.30 bits per heavy atom. The maximum Gasteiger partial charge on any atom is 0.497 e. The number of nitrogens with zero attached hydrogens (tertiary/aromatic N) is 1. The lowest BCUT2D eigenvalue weighted by Crippen LogP contribution is -2.41. The first-order valence-corrected chi connectivity index (χ1v) is 6.50. The summed E-state index contributed by atoms with van der Waals surface area (Å²) in [5.74, 6) is -0.442. The normalized spacial score (nSPS) is 20.1. The van der Waals surface area contributed by atoms with Crippen LogP contribution in [0.2, 0.25) is 0 Å². The Morgan fingerprint density at radius 2 is 1.85 bits per heavy atom. The van der Waals surface area contributed by atoms with Crippen LogP contribution < -0.4 is 16.9 Å². The van der Waals surface area contributed by atoms with Crippen molar-refractivity contribution >= 4 is 24.2 Å². The fourth-order valence-electron chi connectivity index (χ4n) is 1.98. The van der Waals surface area contributed by atoms with Crippen LogP contribution in [0, 0.1) is 0 Å². The first-order valence-electron chi connectivity index (χ1n) is 6.50. The molecule has 108 valence electrons. The zero-order valence-corrected chi connectivity index (χ0v) is 12.3. The number of pyridine rings is 1. The third-order valence-electron chi connectivity index (χ3n) is 3.89. The van der Waals surface area contributed by atoms with Gasteiger partial charge in [0.1, 0.15) is 0 Å². The van der Waals surface area contributed by atoms with Gasteiger partial charge in [0.05, 0.1) is 17.6 Å². The molecule has 1 amide bonds. The van der Waals surface area contributed by atoms with E-state index in [1.807, 2.05) is 27.7 Å². The first-order chi connectivity index (χ1) is 9.12. The lowest BCUT2D eigenvalue weighted by Gasteiger charge is -2.32. The first kappa shape index (κ1) is 14.8. The van der Waals surface area contributed by atoms with E-state index >= 15 is 0 Å². The molecule has 6 nitrogen and oxygen atoms in total. The lowest BCUT2D eigenvalue weighted by molar-refractivity contribution is -0.117. The van der Waals surface area contributed by atoms with Gasteiger partial charge in [-0.25, -0.2) is 0 Å². The van der Waals surface area contributed by atoms with Crippen molar-refractivity contribution in [2.75, 3.05) is 5.73 Å². The van der Waals surface area contributed by atoms with Crippen molar-refractivity contribution in [2.24, 2.45) is 5.73 Å². The standard InChI is InChI=1S/C13H20BN3O3/c1-12(2)13(3,4)20-14(19-12)9-5-8(6-11(16)18)17-7-10(9)15/h5,7H,6,15H2,1-4H3,(H2,16,18). The minimum atomic E-state index is -0.574. The van der Waals surface area contributed by atoms with Crippen LogP contribution in [0.1, 0.15) is 33.4 Å². The van der Waals surface area contributed by atoms with Gasteiger partial charge in [-0.1, -0.05) is 0 Å². The van der Waals surface area contributed by atoms with Crippen molar-refractivity contribution < 1.29 is 14.1 Å². The van der Waals surface area contributed by atoms with Crippen molar-refractivity contribution in [3.05, 3.63) is 18.0 Å². The van der Waals surface area contributed by atoms with Crippen LogP contribution in [-0.4, -0.2) is 29.2 Å². The second-order valence-electron chi connectivity index (χ2n) is 6.04. The Labute approximate surface area is 119 Å². The molecular formula is C13H20BN3O3. The van der Waals surface area contributed by atoms with Gasteiger partial charge in [0.25, 0.3) is 0 Å². The van der Waals surface area contributed by atoms with E-state index < -0.39 is 24.2 Å². The summed E-state index contributed by atoms with van der Waals surface area (Å²) in [6, 6.07) is 1.71. The molecule has 2 rings (SSSR count). The van der Waals surface area contributed by atoms with Crippen molar-refractivity contribution in [1.29, 1.82) is 0 Å². The summed E-state index contributed by atoms with van der Waals surface area (Å²) in [4.78, 5) is 15.1. The number of hydrogen-bond donors (Lipinski definition) is 2. The highest BCUT2D eigenvalue weighted by Crippen LogP contribution is 2.36. The van der Waals surface area contributed by atoms with E-state index in [1.54, 1.807) is 6.07 Å². The van der Waals surface area contributed by atoms with Gasteiger partial charge in [-0.3, -0.25) is 9.78 Å². The van der Waals surface area contributed by atoms with Crippen molar-refractivity contribution in [3.63, 3.8) is 0 Å². The van der Waals surface area contributed by atoms with Crippen molar-refractivity contribution in [1.82, 2.24) is 4.98 Å². The molecule has 1 fully saturated rings. The van der Waals surface area contributed by atoms with Gasteiger partial charge in [-0.2, -0.15) is 0 Å². The lowest BCUT2D eigenvalue weighted by atomic mass is 9.78. The van der Waals surface area contributed by atoms with E-state index in [-0.39, 0.29) is 6.42 Å². The highest BCUT2D eigenvalue weighted by atomic mass is 16.7. The van der Waals surface area contributed by atoms with E-state index in [2.05, 4.69) is 4.98 Å². The van der Waals surface area contributed by atoms with Gasteiger partial charge >= 0.3 is 7.12 Å². The minimum absolute atomic E-state index is 0.0623. The molecule has 20 heavy (non-hydrogen) atoms. The summed E-state index contributed by atoms with van der Waals surface area (Å²) < 4.78 is 11.9. The molecule has 1 aromatic rings. The average Bonchev–Trinajstić information content (AvgIpc) is 2.50. The zero-order valence-electron chi connectivity index (χ0n) is 12.3. The van der Waals surface area contributed by atoms with Crippen LogP contribution in [0.4, 0.5) is 5.69 Å². The summed E-state index contributed by atoms with van der Waals surface area (Å²) in [5.41, 5.74) is 11.9. The number of nitrogen functional groups attached to an aromatic ring is 1. The molecule has 0 spiro atoms. The Hall–Kier alpha value is -1.60. The molecule has 0 aliphatic carbocycles. The second-order valence-corrected chi connectivity index (χ2v) is 6.04. The summed E-state index contributed by atoms with van der Waals surface area (Å²) in [5, 5.41) is 0. The maximum absolute atomic E-state index is 11.0. The number of carbonyl (C=O) groups is 1. The SMILES string of the molecule is CC1(C)OB(c2cc(CC(N)=O)ncc2N)OC1(C)C. The van der Waals surface area contributed by atoms with Crippen LogP contribution in [0.25, 0.3) is 0 Å². The Morgan fingerprint density at radius 3 is 2.35 bits per heavy atom. The zero-order chi connectivity index (χ0) is 15.1. The number of aromatic nitrogens is 1. The van der Waals surface area contributed by atoms with Gasteiger partial charge in [0.15, 0.2) is 0 Å². The molecule has 0 unspecified atom stereocenters. The van der Waals surface area contributed by atoms with E-state index in [4.69, 9.17) is 20.8 Å². The molecule has 7 heteroatoms. The van der Waals surface area contributed by atoms with E-state index in [9.17, 15) is 4.79 Å². The number of nitrogens with two attached hydrogens (primary N) is 2. The molecule has 4 N–H and O–H groups in total. The Kier molecular flexibility index (Phi) is 3.52. The second kappa shape index (κ2) is 4.75. The predicted molar refractivity (Wildman–Crippen MR) is 77.3 cm³/mol. The molecule has 2 heterocycles. The summed E-state index contributed by atoms with van der Waals surface area (Å²) in [6.07, 6.45) is 1.56. The largest absolute Gasteiger partial charge is 0.497 e. The molecule has 1 aromatic heterocycles. The monoisotopic (exact) mass is 277 g/mol. The number of rotatable bonds is 3. The fourth-order valence-corrected chi connectivity index (χ4v) is 1.98. The third-order valence-corrected chi connectivity index (χ3v) is 3.89. The molecule has 0 saturated carbocycles. The summed E-state index contributed by atoms with van der Waals surface area (Å²) in [7, 11) is -0.574. The van der Waals surface area contributed by atoms with Crippen molar-refractivity contribution in [3.8, 4) is 0 Å². The molecule has 1 aliphatic heterocycles. The number of hydrogen-bond acceptors (Lipinski definition) is 5. The smallest absolute Gasteiger partial charge is 0.399 e. The molecule has 0 radical (unpaired) electrons. The van der Waals surface area contributed by atoms with Gasteiger partial charge in [0.2, 0.25) is 5.91 Å². The Balaban J connectivity index is 2.32. The molecule has 0 atom stereocenters. The Bertz CT molecular complexity index is 530. The van der Waals surface area contributed by atoms with Crippen LogP contribution in [-0.2, 0) is 20.5 Å². The quantitative estimate of drug-likeness (QED) is 0.757.